The third-order valence-electron chi connectivity index (χ3n) is 7.12. The van der Waals surface area contributed by atoms with Crippen LogP contribution < -0.4 is 23.3 Å². The fourth-order valence-corrected chi connectivity index (χ4v) is 6.17. The molecule has 4 rings (SSSR count). The molecule has 0 bridgehead atoms. The number of carbonyl (C=O) groups is 1. The normalized spacial score (nSPS) is 15.0. The van der Waals surface area contributed by atoms with Gasteiger partial charge in [0, 0.05) is 13.1 Å². The van der Waals surface area contributed by atoms with Gasteiger partial charge in [0.05, 0.1) is 25.3 Å². The van der Waals surface area contributed by atoms with Gasteiger partial charge in [0.25, 0.3) is 0 Å². The van der Waals surface area contributed by atoms with Gasteiger partial charge >= 0.3 is 10.3 Å². The third kappa shape index (κ3) is 5.57. The third-order valence-corrected chi connectivity index (χ3v) is 7.94. The first-order valence-corrected chi connectivity index (χ1v) is 13.9. The molecule has 202 valence electrons. The molecule has 1 N–H and O–H groups in total. The zero-order valence-electron chi connectivity index (χ0n) is 22.4. The number of piperidine rings is 1. The molecule has 38 heavy (non-hydrogen) atoms. The molecule has 0 atom stereocenters. The van der Waals surface area contributed by atoms with Crippen LogP contribution in [0.25, 0.3) is 0 Å². The van der Waals surface area contributed by atoms with Gasteiger partial charge in [0.15, 0.2) is 0 Å². The maximum absolute atomic E-state index is 13.9. The SMILES string of the molecule is COc1cccc(C2(C(=O)NS(=O)(=O)Oc3c(C)cc(C)cc3C)CCN(c3ccccc3OC)CC2)c1. The summed E-state index contributed by atoms with van der Waals surface area (Å²) in [4.78, 5) is 16.0. The highest BCUT2D eigenvalue weighted by molar-refractivity contribution is 7.85. The molecule has 0 saturated carbocycles. The summed E-state index contributed by atoms with van der Waals surface area (Å²) < 4.78 is 44.8. The van der Waals surface area contributed by atoms with Crippen LogP contribution in [0.1, 0.15) is 35.1 Å². The van der Waals surface area contributed by atoms with Gasteiger partial charge in [-0.15, -0.1) is 0 Å². The van der Waals surface area contributed by atoms with E-state index in [1.54, 1.807) is 46.3 Å². The molecule has 0 radical (unpaired) electrons. The molecule has 3 aromatic carbocycles. The summed E-state index contributed by atoms with van der Waals surface area (Å²) in [5.74, 6) is 0.919. The molecule has 0 spiro atoms. The van der Waals surface area contributed by atoms with E-state index in [2.05, 4.69) is 9.62 Å². The Kier molecular flexibility index (Phi) is 7.87. The number of hydrogen-bond donors (Lipinski definition) is 1. The highest BCUT2D eigenvalue weighted by atomic mass is 32.2. The van der Waals surface area contributed by atoms with E-state index in [4.69, 9.17) is 13.7 Å². The Bertz CT molecular complexity index is 1410. The number of rotatable bonds is 8. The van der Waals surface area contributed by atoms with Crippen molar-refractivity contribution in [3.8, 4) is 17.2 Å². The van der Waals surface area contributed by atoms with Gasteiger partial charge < -0.3 is 18.6 Å². The Morgan fingerprint density at radius 3 is 2.18 bits per heavy atom. The molecule has 1 fully saturated rings. The molecule has 9 heteroatoms. The van der Waals surface area contributed by atoms with Crippen LogP contribution in [-0.4, -0.2) is 41.6 Å². The van der Waals surface area contributed by atoms with Crippen molar-refractivity contribution in [2.45, 2.75) is 39.0 Å². The van der Waals surface area contributed by atoms with Gasteiger partial charge in [0.1, 0.15) is 17.2 Å². The van der Waals surface area contributed by atoms with E-state index in [0.29, 0.717) is 48.4 Å². The fraction of sp³-hybridized carbons (Fsp3) is 0.345. The minimum Gasteiger partial charge on any atom is -0.497 e. The maximum Gasteiger partial charge on any atom is 0.409 e. The lowest BCUT2D eigenvalue weighted by Crippen LogP contribution is -2.53. The molecule has 1 aliphatic heterocycles. The predicted molar refractivity (Wildman–Crippen MR) is 147 cm³/mol. The number of nitrogens with one attached hydrogen (secondary N) is 1. The Labute approximate surface area is 224 Å². The molecule has 1 amide bonds. The standard InChI is InChI=1S/C29H34N2O6S/c1-20-17-21(2)27(22(3)18-20)37-38(33,34)30-28(32)29(23-9-8-10-24(19-23)35-4)13-15-31(16-14-29)25-11-6-7-12-26(25)36-5/h6-12,17-19H,13-16H2,1-5H3,(H,30,32). The molecule has 8 nitrogen and oxygen atoms in total. The molecule has 3 aromatic rings. The largest absolute Gasteiger partial charge is 0.497 e. The second-order valence-electron chi connectivity index (χ2n) is 9.67. The Balaban J connectivity index is 1.64. The number of hydrogen-bond acceptors (Lipinski definition) is 7. The van der Waals surface area contributed by atoms with E-state index < -0.39 is 21.6 Å². The van der Waals surface area contributed by atoms with E-state index in [1.807, 2.05) is 49.4 Å². The highest BCUT2D eigenvalue weighted by Crippen LogP contribution is 2.40. The molecular formula is C29H34N2O6S. The van der Waals surface area contributed by atoms with Crippen LogP contribution in [-0.2, 0) is 20.5 Å². The zero-order valence-corrected chi connectivity index (χ0v) is 23.2. The minimum atomic E-state index is -4.44. The summed E-state index contributed by atoms with van der Waals surface area (Å²) >= 11 is 0. The predicted octanol–water partition coefficient (Wildman–Crippen LogP) is 4.61. The number of ether oxygens (including phenoxy) is 2. The number of benzene rings is 3. The van der Waals surface area contributed by atoms with Gasteiger partial charge in [-0.1, -0.05) is 42.0 Å². The molecule has 1 heterocycles. The number of carbonyl (C=O) groups excluding carboxylic acids is 1. The van der Waals surface area contributed by atoms with Crippen molar-refractivity contribution in [1.82, 2.24) is 4.72 Å². The van der Waals surface area contributed by atoms with E-state index in [-0.39, 0.29) is 5.75 Å². The number of nitrogens with zero attached hydrogens (tertiary/aromatic N) is 1. The molecule has 0 aromatic heterocycles. The topological polar surface area (TPSA) is 94.2 Å². The van der Waals surface area contributed by atoms with E-state index in [1.165, 1.54) is 0 Å². The van der Waals surface area contributed by atoms with Crippen molar-refractivity contribution < 1.29 is 26.9 Å². The van der Waals surface area contributed by atoms with Crippen LogP contribution >= 0.6 is 0 Å². The highest BCUT2D eigenvalue weighted by Gasteiger charge is 2.45. The Morgan fingerprint density at radius 2 is 1.55 bits per heavy atom. The molecule has 1 saturated heterocycles. The Hall–Kier alpha value is -3.72. The van der Waals surface area contributed by atoms with Crippen molar-refractivity contribution >= 4 is 21.9 Å². The fourth-order valence-electron chi connectivity index (χ4n) is 5.23. The van der Waals surface area contributed by atoms with Crippen molar-refractivity contribution in [3.05, 3.63) is 82.9 Å². The second-order valence-corrected chi connectivity index (χ2v) is 10.9. The summed E-state index contributed by atoms with van der Waals surface area (Å²) in [6.45, 7) is 6.51. The molecule has 1 aliphatic rings. The monoisotopic (exact) mass is 538 g/mol. The van der Waals surface area contributed by atoms with Crippen LogP contribution in [0.2, 0.25) is 0 Å². The van der Waals surface area contributed by atoms with Crippen molar-refractivity contribution in [3.63, 3.8) is 0 Å². The number of methoxy groups -OCH3 is 2. The molecule has 0 unspecified atom stereocenters. The average molecular weight is 539 g/mol. The van der Waals surface area contributed by atoms with E-state index >= 15 is 0 Å². The lowest BCUT2D eigenvalue weighted by atomic mass is 9.72. The van der Waals surface area contributed by atoms with Gasteiger partial charge in [-0.25, -0.2) is 4.72 Å². The van der Waals surface area contributed by atoms with Crippen LogP contribution in [0, 0.1) is 20.8 Å². The number of anilines is 1. The molecule has 0 aliphatic carbocycles. The van der Waals surface area contributed by atoms with Gasteiger partial charge in [0.2, 0.25) is 5.91 Å². The quantitative estimate of drug-likeness (QED) is 0.448. The first kappa shape index (κ1) is 27.3. The van der Waals surface area contributed by atoms with Gasteiger partial charge in [-0.3, -0.25) is 4.79 Å². The first-order chi connectivity index (χ1) is 18.1. The lowest BCUT2D eigenvalue weighted by molar-refractivity contribution is -0.125. The first-order valence-electron chi connectivity index (χ1n) is 12.5. The van der Waals surface area contributed by atoms with Crippen LogP contribution in [0.3, 0.4) is 0 Å². The van der Waals surface area contributed by atoms with Gasteiger partial charge in [-0.05, 0) is 74.6 Å². The minimum absolute atomic E-state index is 0.220. The van der Waals surface area contributed by atoms with Crippen LogP contribution in [0.5, 0.6) is 17.2 Å². The lowest BCUT2D eigenvalue weighted by Gasteiger charge is -2.42. The van der Waals surface area contributed by atoms with E-state index in [0.717, 1.165) is 17.0 Å². The van der Waals surface area contributed by atoms with Crippen LogP contribution in [0.15, 0.2) is 60.7 Å². The number of para-hydroxylation sites is 2. The Morgan fingerprint density at radius 1 is 0.895 bits per heavy atom. The summed E-state index contributed by atoms with van der Waals surface area (Å²) in [6, 6.07) is 18.6. The zero-order chi connectivity index (χ0) is 27.5. The summed E-state index contributed by atoms with van der Waals surface area (Å²) in [5, 5.41) is 0. The summed E-state index contributed by atoms with van der Waals surface area (Å²) in [7, 11) is -1.26. The number of amides is 1. The van der Waals surface area contributed by atoms with Crippen molar-refractivity contribution in [2.24, 2.45) is 0 Å². The van der Waals surface area contributed by atoms with Gasteiger partial charge in [-0.2, -0.15) is 8.42 Å². The van der Waals surface area contributed by atoms with E-state index in [9.17, 15) is 13.2 Å². The maximum atomic E-state index is 13.9. The molecular weight excluding hydrogens is 504 g/mol. The second kappa shape index (κ2) is 10.9. The smallest absolute Gasteiger partial charge is 0.409 e. The van der Waals surface area contributed by atoms with Crippen molar-refractivity contribution in [2.75, 3.05) is 32.2 Å². The summed E-state index contributed by atoms with van der Waals surface area (Å²) in [5.41, 5.74) is 2.84. The summed E-state index contributed by atoms with van der Waals surface area (Å²) in [6.07, 6.45) is 0.754. The number of aryl methyl sites for hydroxylation is 3. The van der Waals surface area contributed by atoms with Crippen LogP contribution in [0.4, 0.5) is 5.69 Å². The van der Waals surface area contributed by atoms with Crippen molar-refractivity contribution in [1.29, 1.82) is 0 Å². The average Bonchev–Trinajstić information content (AvgIpc) is 2.90.